The van der Waals surface area contributed by atoms with Crippen molar-refractivity contribution in [1.29, 1.82) is 0 Å². The largest absolute Gasteiger partial charge is 0.348 e. The summed E-state index contributed by atoms with van der Waals surface area (Å²) in [5.74, 6) is -0.256. The van der Waals surface area contributed by atoms with Crippen LogP contribution in [-0.2, 0) is 11.3 Å². The number of nitrogens with zero attached hydrogens (tertiary/aromatic N) is 4. The molecule has 1 N–H and O–H groups in total. The first-order valence-corrected chi connectivity index (χ1v) is 8.15. The molecule has 0 radical (unpaired) electrons. The van der Waals surface area contributed by atoms with Crippen LogP contribution in [0, 0.1) is 17.0 Å². The lowest BCUT2D eigenvalue weighted by Gasteiger charge is -2.15. The van der Waals surface area contributed by atoms with Crippen LogP contribution in [0.1, 0.15) is 24.2 Å². The van der Waals surface area contributed by atoms with Crippen molar-refractivity contribution in [2.75, 3.05) is 0 Å². The molecule has 1 atom stereocenters. The Balaban J connectivity index is 1.63. The molecule has 1 unspecified atom stereocenters. The average molecular weight is 353 g/mol. The Morgan fingerprint density at radius 1 is 1.27 bits per heavy atom. The third-order valence-electron chi connectivity index (χ3n) is 4.24. The standard InChI is InChI=1S/C18H19N5O3/c1-13(15-5-7-16(8-6-15)21-9-3-4-10-21)20-18(24)12-22-14(2)17(11-19-22)23(25)26/h3-11,13H,12H2,1-2H3,(H,20,24). The number of hydrogen-bond donors (Lipinski definition) is 1. The summed E-state index contributed by atoms with van der Waals surface area (Å²) >= 11 is 0. The molecule has 8 nitrogen and oxygen atoms in total. The van der Waals surface area contributed by atoms with E-state index in [1.165, 1.54) is 4.68 Å². The summed E-state index contributed by atoms with van der Waals surface area (Å²) in [6, 6.07) is 11.6. The van der Waals surface area contributed by atoms with Gasteiger partial charge in [0.2, 0.25) is 5.91 Å². The van der Waals surface area contributed by atoms with Crippen LogP contribution in [0.5, 0.6) is 0 Å². The predicted molar refractivity (Wildman–Crippen MR) is 95.9 cm³/mol. The van der Waals surface area contributed by atoms with Crippen molar-refractivity contribution in [1.82, 2.24) is 19.7 Å². The van der Waals surface area contributed by atoms with Crippen LogP contribution >= 0.6 is 0 Å². The van der Waals surface area contributed by atoms with Crippen molar-refractivity contribution in [3.8, 4) is 5.69 Å². The summed E-state index contributed by atoms with van der Waals surface area (Å²) in [5.41, 5.74) is 2.27. The lowest BCUT2D eigenvalue weighted by atomic mass is 10.1. The van der Waals surface area contributed by atoms with Gasteiger partial charge >= 0.3 is 5.69 Å². The topological polar surface area (TPSA) is 95.0 Å². The molecule has 2 heterocycles. The van der Waals surface area contributed by atoms with Crippen molar-refractivity contribution in [2.45, 2.75) is 26.4 Å². The van der Waals surface area contributed by atoms with E-state index in [1.807, 2.05) is 60.3 Å². The monoisotopic (exact) mass is 353 g/mol. The Bertz CT molecular complexity index is 913. The zero-order valence-electron chi connectivity index (χ0n) is 14.5. The summed E-state index contributed by atoms with van der Waals surface area (Å²) in [5, 5.41) is 17.6. The summed E-state index contributed by atoms with van der Waals surface area (Å²) in [6.45, 7) is 3.40. The number of nitro groups is 1. The fourth-order valence-corrected chi connectivity index (χ4v) is 2.72. The summed E-state index contributed by atoms with van der Waals surface area (Å²) in [4.78, 5) is 22.6. The van der Waals surface area contributed by atoms with Gasteiger partial charge < -0.3 is 9.88 Å². The average Bonchev–Trinajstić information content (AvgIpc) is 3.26. The second-order valence-electron chi connectivity index (χ2n) is 6.00. The number of hydrogen-bond acceptors (Lipinski definition) is 4. The number of amides is 1. The van der Waals surface area contributed by atoms with Gasteiger partial charge in [0.1, 0.15) is 18.4 Å². The molecular weight excluding hydrogens is 334 g/mol. The molecule has 0 aliphatic rings. The van der Waals surface area contributed by atoms with Gasteiger partial charge in [0.15, 0.2) is 0 Å². The zero-order chi connectivity index (χ0) is 18.7. The van der Waals surface area contributed by atoms with Gasteiger partial charge in [-0.25, -0.2) is 0 Å². The fraction of sp³-hybridized carbons (Fsp3) is 0.222. The van der Waals surface area contributed by atoms with Crippen LogP contribution in [0.4, 0.5) is 5.69 Å². The number of benzene rings is 1. The van der Waals surface area contributed by atoms with E-state index in [1.54, 1.807) is 6.92 Å². The molecule has 26 heavy (non-hydrogen) atoms. The Labute approximate surface area is 150 Å². The van der Waals surface area contributed by atoms with E-state index in [4.69, 9.17) is 0 Å². The molecule has 3 aromatic rings. The normalized spacial score (nSPS) is 11.9. The first-order valence-electron chi connectivity index (χ1n) is 8.15. The maximum atomic E-state index is 12.2. The third-order valence-corrected chi connectivity index (χ3v) is 4.24. The first kappa shape index (κ1) is 17.4. The quantitative estimate of drug-likeness (QED) is 0.544. The van der Waals surface area contributed by atoms with Crippen LogP contribution in [0.15, 0.2) is 55.0 Å². The molecule has 0 aliphatic heterocycles. The minimum atomic E-state index is -0.508. The van der Waals surface area contributed by atoms with Crippen LogP contribution < -0.4 is 5.32 Å². The van der Waals surface area contributed by atoms with Gasteiger partial charge in [-0.15, -0.1) is 0 Å². The lowest BCUT2D eigenvalue weighted by Crippen LogP contribution is -2.30. The van der Waals surface area contributed by atoms with Gasteiger partial charge in [-0.3, -0.25) is 19.6 Å². The van der Waals surface area contributed by atoms with Crippen molar-refractivity contribution in [3.05, 3.63) is 76.4 Å². The molecule has 2 aromatic heterocycles. The summed E-state index contributed by atoms with van der Waals surface area (Å²) in [6.07, 6.45) is 5.09. The highest BCUT2D eigenvalue weighted by Gasteiger charge is 2.18. The maximum absolute atomic E-state index is 12.2. The Morgan fingerprint density at radius 2 is 1.92 bits per heavy atom. The van der Waals surface area contributed by atoms with E-state index in [0.717, 1.165) is 17.4 Å². The van der Waals surface area contributed by atoms with Crippen molar-refractivity contribution < 1.29 is 9.72 Å². The molecule has 3 rings (SSSR count). The predicted octanol–water partition coefficient (Wildman–Crippen LogP) is 2.77. The van der Waals surface area contributed by atoms with E-state index >= 15 is 0 Å². The maximum Gasteiger partial charge on any atom is 0.309 e. The fourth-order valence-electron chi connectivity index (χ4n) is 2.72. The van der Waals surface area contributed by atoms with Gasteiger partial charge in [0.25, 0.3) is 0 Å². The molecule has 0 aliphatic carbocycles. The van der Waals surface area contributed by atoms with Crippen LogP contribution in [-0.4, -0.2) is 25.2 Å². The Morgan fingerprint density at radius 3 is 2.50 bits per heavy atom. The van der Waals surface area contributed by atoms with Crippen LogP contribution in [0.3, 0.4) is 0 Å². The minimum Gasteiger partial charge on any atom is -0.348 e. The van der Waals surface area contributed by atoms with E-state index in [2.05, 4.69) is 10.4 Å². The lowest BCUT2D eigenvalue weighted by molar-refractivity contribution is -0.385. The zero-order valence-corrected chi connectivity index (χ0v) is 14.5. The number of carbonyl (C=O) groups excluding carboxylic acids is 1. The van der Waals surface area contributed by atoms with Gasteiger partial charge in [-0.05, 0) is 43.7 Å². The Kier molecular flexibility index (Phi) is 4.83. The van der Waals surface area contributed by atoms with E-state index in [-0.39, 0.29) is 24.2 Å². The van der Waals surface area contributed by atoms with Crippen molar-refractivity contribution in [3.63, 3.8) is 0 Å². The number of rotatable bonds is 6. The number of nitrogens with one attached hydrogen (secondary N) is 1. The molecule has 1 aromatic carbocycles. The SMILES string of the molecule is Cc1c([N+](=O)[O-])cnn1CC(=O)NC(C)c1ccc(-n2cccc2)cc1. The first-order chi connectivity index (χ1) is 12.5. The summed E-state index contributed by atoms with van der Waals surface area (Å²) in [7, 11) is 0. The molecule has 0 fully saturated rings. The summed E-state index contributed by atoms with van der Waals surface area (Å²) < 4.78 is 3.33. The van der Waals surface area contributed by atoms with Crippen molar-refractivity contribution >= 4 is 11.6 Å². The van der Waals surface area contributed by atoms with Gasteiger partial charge in [0, 0.05) is 18.1 Å². The van der Waals surface area contributed by atoms with Crippen LogP contribution in [0.2, 0.25) is 0 Å². The second-order valence-corrected chi connectivity index (χ2v) is 6.00. The van der Waals surface area contributed by atoms with Gasteiger partial charge in [-0.2, -0.15) is 5.10 Å². The van der Waals surface area contributed by atoms with E-state index in [0.29, 0.717) is 5.69 Å². The number of aromatic nitrogens is 3. The highest BCUT2D eigenvalue weighted by molar-refractivity contribution is 5.76. The molecule has 8 heteroatoms. The highest BCUT2D eigenvalue weighted by atomic mass is 16.6. The highest BCUT2D eigenvalue weighted by Crippen LogP contribution is 2.17. The number of carbonyl (C=O) groups is 1. The Hall–Kier alpha value is -3.42. The molecule has 0 bridgehead atoms. The van der Waals surface area contributed by atoms with Gasteiger partial charge in [-0.1, -0.05) is 12.1 Å². The molecule has 134 valence electrons. The van der Waals surface area contributed by atoms with Gasteiger partial charge in [0.05, 0.1) is 11.0 Å². The van der Waals surface area contributed by atoms with E-state index < -0.39 is 4.92 Å². The molecular formula is C18H19N5O3. The minimum absolute atomic E-state index is 0.0640. The molecule has 0 spiro atoms. The second kappa shape index (κ2) is 7.22. The molecule has 1 amide bonds. The van der Waals surface area contributed by atoms with Crippen LogP contribution in [0.25, 0.3) is 5.69 Å². The molecule has 0 saturated heterocycles. The van der Waals surface area contributed by atoms with Crippen molar-refractivity contribution in [2.24, 2.45) is 0 Å². The third kappa shape index (κ3) is 3.64. The van der Waals surface area contributed by atoms with E-state index in [9.17, 15) is 14.9 Å². The smallest absolute Gasteiger partial charge is 0.309 e. The molecule has 0 saturated carbocycles.